The molecule has 0 aliphatic rings. The van der Waals surface area contributed by atoms with Gasteiger partial charge in [0.15, 0.2) is 0 Å². The lowest BCUT2D eigenvalue weighted by molar-refractivity contribution is -0.140. The minimum Gasteiger partial charge on any atom is -0.469 e. The second-order valence-corrected chi connectivity index (χ2v) is 6.10. The number of hydrogen-bond donors (Lipinski definition) is 1. The predicted molar refractivity (Wildman–Crippen MR) is 73.9 cm³/mol. The summed E-state index contributed by atoms with van der Waals surface area (Å²) in [5, 5.41) is -0.188. The molecule has 1 N–H and O–H groups in total. The molecule has 0 amide bonds. The van der Waals surface area contributed by atoms with Gasteiger partial charge in [0.2, 0.25) is 5.28 Å². The van der Waals surface area contributed by atoms with Crippen molar-refractivity contribution in [2.45, 2.75) is 6.42 Å². The molecular formula is C9H12Cl2N4O4S. The quantitative estimate of drug-likeness (QED) is 0.468. The topological polar surface area (TPSA) is 101 Å². The van der Waals surface area contributed by atoms with E-state index in [2.05, 4.69) is 19.4 Å². The van der Waals surface area contributed by atoms with E-state index in [9.17, 15) is 13.2 Å². The van der Waals surface area contributed by atoms with E-state index in [1.807, 2.05) is 0 Å². The van der Waals surface area contributed by atoms with E-state index in [1.165, 1.54) is 20.2 Å². The number of aromatic nitrogens is 2. The number of hydrogen-bond acceptors (Lipinski definition) is 6. The summed E-state index contributed by atoms with van der Waals surface area (Å²) < 4.78 is 31.4. The van der Waals surface area contributed by atoms with Crippen molar-refractivity contribution in [1.82, 2.24) is 14.3 Å². The molecule has 20 heavy (non-hydrogen) atoms. The van der Waals surface area contributed by atoms with E-state index in [1.54, 1.807) is 0 Å². The van der Waals surface area contributed by atoms with E-state index in [0.29, 0.717) is 0 Å². The number of carbonyl (C=O) groups is 1. The molecule has 1 aromatic heterocycles. The molecule has 11 heteroatoms. The Balaban J connectivity index is 2.75. The highest BCUT2D eigenvalue weighted by Crippen LogP contribution is 2.16. The van der Waals surface area contributed by atoms with Gasteiger partial charge in [0.1, 0.15) is 11.0 Å². The first-order chi connectivity index (χ1) is 9.24. The van der Waals surface area contributed by atoms with Crippen molar-refractivity contribution in [2.75, 3.05) is 25.4 Å². The molecule has 112 valence electrons. The minimum atomic E-state index is -3.88. The Morgan fingerprint density at radius 1 is 1.45 bits per heavy atom. The molecule has 0 bridgehead atoms. The van der Waals surface area contributed by atoms with Crippen LogP contribution in [0.1, 0.15) is 6.42 Å². The van der Waals surface area contributed by atoms with Gasteiger partial charge in [-0.25, -0.2) is 4.98 Å². The lowest BCUT2D eigenvalue weighted by Crippen LogP contribution is -2.34. The van der Waals surface area contributed by atoms with Crippen molar-refractivity contribution in [3.8, 4) is 0 Å². The average molecular weight is 343 g/mol. The van der Waals surface area contributed by atoms with Crippen LogP contribution in [0, 0.1) is 0 Å². The molecule has 0 saturated heterocycles. The van der Waals surface area contributed by atoms with Crippen molar-refractivity contribution >= 4 is 45.2 Å². The fourth-order valence-electron chi connectivity index (χ4n) is 1.12. The molecule has 1 aromatic rings. The first-order valence-corrected chi connectivity index (χ1v) is 7.45. The fraction of sp³-hybridized carbons (Fsp3) is 0.444. The molecule has 0 atom stereocenters. The number of halogens is 2. The van der Waals surface area contributed by atoms with Crippen LogP contribution in [-0.2, 0) is 19.7 Å². The Morgan fingerprint density at radius 3 is 2.65 bits per heavy atom. The molecule has 0 aliphatic carbocycles. The summed E-state index contributed by atoms with van der Waals surface area (Å²) in [5.41, 5.74) is 0. The largest absolute Gasteiger partial charge is 0.469 e. The number of nitrogens with zero attached hydrogens (tertiary/aromatic N) is 3. The third kappa shape index (κ3) is 5.08. The number of carbonyl (C=O) groups excluding carboxylic acids is 1. The Bertz CT molecular complexity index is 575. The predicted octanol–water partition coefficient (Wildman–Crippen LogP) is 0.935. The molecule has 0 radical (unpaired) electrons. The van der Waals surface area contributed by atoms with Gasteiger partial charge in [-0.05, 0) is 11.6 Å². The zero-order valence-electron chi connectivity index (χ0n) is 10.6. The first kappa shape index (κ1) is 16.9. The Hall–Kier alpha value is -1.16. The molecule has 1 rings (SSSR count). The molecule has 0 aliphatic heterocycles. The summed E-state index contributed by atoms with van der Waals surface area (Å²) in [7, 11) is -1.36. The van der Waals surface area contributed by atoms with Crippen LogP contribution < -0.4 is 4.72 Å². The van der Waals surface area contributed by atoms with Crippen LogP contribution >= 0.6 is 23.2 Å². The Kier molecular flexibility index (Phi) is 5.93. The van der Waals surface area contributed by atoms with Gasteiger partial charge in [-0.3, -0.25) is 9.52 Å². The molecule has 0 unspecified atom stereocenters. The summed E-state index contributed by atoms with van der Waals surface area (Å²) in [4.78, 5) is 18.2. The van der Waals surface area contributed by atoms with Gasteiger partial charge in [0.25, 0.3) is 0 Å². The monoisotopic (exact) mass is 342 g/mol. The van der Waals surface area contributed by atoms with Crippen LogP contribution in [0.25, 0.3) is 0 Å². The number of anilines is 1. The maximum Gasteiger partial charge on any atom is 0.306 e. The zero-order valence-corrected chi connectivity index (χ0v) is 13.0. The second kappa shape index (κ2) is 7.02. The first-order valence-electron chi connectivity index (χ1n) is 5.25. The third-order valence-electron chi connectivity index (χ3n) is 2.17. The number of ether oxygens (including phenoxy) is 1. The van der Waals surface area contributed by atoms with Crippen LogP contribution in [0.3, 0.4) is 0 Å². The Morgan fingerprint density at radius 2 is 2.10 bits per heavy atom. The van der Waals surface area contributed by atoms with E-state index < -0.39 is 16.2 Å². The van der Waals surface area contributed by atoms with Crippen LogP contribution in [0.4, 0.5) is 5.82 Å². The minimum absolute atomic E-state index is 0.0000798. The molecule has 8 nitrogen and oxygen atoms in total. The van der Waals surface area contributed by atoms with Gasteiger partial charge in [-0.1, -0.05) is 11.6 Å². The molecule has 1 heterocycles. The standard InChI is InChI=1S/C9H12Cl2N4O4S/c1-15(4-3-8(16)19-2)20(17,18)14-7-5-6(10)12-9(11)13-7/h5H,3-4H2,1-2H3,(H,12,13,14). The fourth-order valence-corrected chi connectivity index (χ4v) is 2.39. The van der Waals surface area contributed by atoms with Crippen LogP contribution in [0.5, 0.6) is 0 Å². The summed E-state index contributed by atoms with van der Waals surface area (Å²) in [6.45, 7) is -0.0471. The highest BCUT2D eigenvalue weighted by molar-refractivity contribution is 7.90. The molecule has 0 aromatic carbocycles. The summed E-state index contributed by atoms with van der Waals surface area (Å²) in [6, 6.07) is 1.21. The van der Waals surface area contributed by atoms with E-state index in [0.717, 1.165) is 4.31 Å². The highest BCUT2D eigenvalue weighted by Gasteiger charge is 2.19. The van der Waals surface area contributed by atoms with Gasteiger partial charge in [0, 0.05) is 19.7 Å². The van der Waals surface area contributed by atoms with Crippen molar-refractivity contribution in [2.24, 2.45) is 0 Å². The van der Waals surface area contributed by atoms with Crippen molar-refractivity contribution in [3.63, 3.8) is 0 Å². The lowest BCUT2D eigenvalue weighted by Gasteiger charge is -2.17. The molecular weight excluding hydrogens is 331 g/mol. The van der Waals surface area contributed by atoms with Crippen LogP contribution in [-0.4, -0.2) is 49.4 Å². The second-order valence-electron chi connectivity index (χ2n) is 3.60. The van der Waals surface area contributed by atoms with Crippen LogP contribution in [0.2, 0.25) is 10.4 Å². The number of methoxy groups -OCH3 is 1. The highest BCUT2D eigenvalue weighted by atomic mass is 35.5. The normalized spacial score (nSPS) is 11.4. The summed E-state index contributed by atoms with van der Waals surface area (Å²) in [6.07, 6.45) is -0.0702. The Labute approximate surface area is 126 Å². The molecule has 0 fully saturated rings. The average Bonchev–Trinajstić information content (AvgIpc) is 2.33. The SMILES string of the molecule is COC(=O)CCN(C)S(=O)(=O)Nc1cc(Cl)nc(Cl)n1. The van der Waals surface area contributed by atoms with Gasteiger partial charge in [-0.15, -0.1) is 0 Å². The van der Waals surface area contributed by atoms with E-state index in [4.69, 9.17) is 23.2 Å². The van der Waals surface area contributed by atoms with Gasteiger partial charge in [0.05, 0.1) is 13.5 Å². The summed E-state index contributed by atoms with van der Waals surface area (Å²) in [5.74, 6) is -0.583. The van der Waals surface area contributed by atoms with Crippen LogP contribution in [0.15, 0.2) is 6.07 Å². The van der Waals surface area contributed by atoms with E-state index >= 15 is 0 Å². The van der Waals surface area contributed by atoms with Gasteiger partial charge < -0.3 is 4.74 Å². The smallest absolute Gasteiger partial charge is 0.306 e. The number of rotatable bonds is 6. The van der Waals surface area contributed by atoms with Gasteiger partial charge >= 0.3 is 16.2 Å². The lowest BCUT2D eigenvalue weighted by atomic mass is 10.4. The van der Waals surface area contributed by atoms with Crippen molar-refractivity contribution < 1.29 is 17.9 Å². The van der Waals surface area contributed by atoms with Crippen molar-refractivity contribution in [3.05, 3.63) is 16.5 Å². The van der Waals surface area contributed by atoms with Crippen molar-refractivity contribution in [1.29, 1.82) is 0 Å². The maximum absolute atomic E-state index is 11.9. The van der Waals surface area contributed by atoms with E-state index in [-0.39, 0.29) is 29.2 Å². The maximum atomic E-state index is 11.9. The molecule has 0 saturated carbocycles. The van der Waals surface area contributed by atoms with Gasteiger partial charge in [-0.2, -0.15) is 17.7 Å². The number of esters is 1. The summed E-state index contributed by atoms with van der Waals surface area (Å²) >= 11 is 11.2. The zero-order chi connectivity index (χ0) is 15.3. The third-order valence-corrected chi connectivity index (χ3v) is 4.00. The number of nitrogens with one attached hydrogen (secondary N) is 1. The molecule has 0 spiro atoms.